The lowest BCUT2D eigenvalue weighted by molar-refractivity contribution is 0.0697. The smallest absolute Gasteiger partial charge is 0.335 e. The van der Waals surface area contributed by atoms with Gasteiger partial charge in [0.05, 0.1) is 16.6 Å². The number of benzene rings is 2. The van der Waals surface area contributed by atoms with E-state index in [1.54, 1.807) is 6.07 Å². The van der Waals surface area contributed by atoms with E-state index in [9.17, 15) is 4.79 Å². The van der Waals surface area contributed by atoms with Crippen LogP contribution in [0.5, 0.6) is 0 Å². The van der Waals surface area contributed by atoms with Crippen molar-refractivity contribution in [1.82, 2.24) is 9.97 Å². The van der Waals surface area contributed by atoms with Crippen LogP contribution in [-0.2, 0) is 0 Å². The molecule has 0 bridgehead atoms. The first-order chi connectivity index (χ1) is 9.63. The fraction of sp³-hybridized carbons (Fsp3) is 0. The molecule has 3 aromatic rings. The summed E-state index contributed by atoms with van der Waals surface area (Å²) in [7, 11) is 0. The summed E-state index contributed by atoms with van der Waals surface area (Å²) < 4.78 is 0. The summed E-state index contributed by atoms with van der Waals surface area (Å²) in [4.78, 5) is 19.3. The van der Waals surface area contributed by atoms with Gasteiger partial charge in [-0.2, -0.15) is 0 Å². The lowest BCUT2D eigenvalue weighted by Gasteiger charge is -2.04. The monoisotopic (exact) mass is 285 g/mol. The van der Waals surface area contributed by atoms with Gasteiger partial charge in [-0.25, -0.2) is 9.78 Å². The average Bonchev–Trinajstić information content (AvgIpc) is 2.83. The quantitative estimate of drug-likeness (QED) is 0.643. The van der Waals surface area contributed by atoms with Gasteiger partial charge in [0, 0.05) is 10.6 Å². The van der Waals surface area contributed by atoms with E-state index in [2.05, 4.69) is 9.97 Å². The Morgan fingerprint density at radius 2 is 2.05 bits per heavy atom. The van der Waals surface area contributed by atoms with Crippen molar-refractivity contribution in [2.75, 3.05) is 5.73 Å². The number of para-hydroxylation sites is 2. The molecular formula is C14H11N3O2S. The molecule has 3 rings (SSSR count). The summed E-state index contributed by atoms with van der Waals surface area (Å²) in [6.07, 6.45) is 0. The number of carbonyl (C=O) groups is 1. The Labute approximate surface area is 118 Å². The highest BCUT2D eigenvalue weighted by molar-refractivity contribution is 7.99. The summed E-state index contributed by atoms with van der Waals surface area (Å²) in [6.45, 7) is 0. The highest BCUT2D eigenvalue weighted by Crippen LogP contribution is 2.31. The molecule has 4 N–H and O–H groups in total. The van der Waals surface area contributed by atoms with E-state index in [0.29, 0.717) is 5.69 Å². The number of carboxylic acids is 1. The van der Waals surface area contributed by atoms with Crippen LogP contribution in [0.3, 0.4) is 0 Å². The van der Waals surface area contributed by atoms with Gasteiger partial charge < -0.3 is 15.8 Å². The standard InChI is InChI=1S/C14H11N3O2S/c15-9-7-8(13(18)19)5-6-12(9)20-14-16-10-3-1-2-4-11(10)17-14/h1-7H,15H2,(H,16,17)(H,18,19). The fourth-order valence-corrected chi connectivity index (χ4v) is 2.68. The van der Waals surface area contributed by atoms with Gasteiger partial charge in [0.2, 0.25) is 0 Å². The van der Waals surface area contributed by atoms with Gasteiger partial charge in [-0.1, -0.05) is 12.1 Å². The van der Waals surface area contributed by atoms with Crippen molar-refractivity contribution >= 4 is 34.5 Å². The third-order valence-electron chi connectivity index (χ3n) is 2.83. The number of hydrogen-bond donors (Lipinski definition) is 3. The molecule has 0 aliphatic heterocycles. The second kappa shape index (κ2) is 4.90. The number of aromatic amines is 1. The number of aromatic nitrogens is 2. The summed E-state index contributed by atoms with van der Waals surface area (Å²) in [5.41, 5.74) is 8.32. The Morgan fingerprint density at radius 3 is 2.75 bits per heavy atom. The highest BCUT2D eigenvalue weighted by atomic mass is 32.2. The second-order valence-corrected chi connectivity index (χ2v) is 5.25. The lowest BCUT2D eigenvalue weighted by atomic mass is 10.2. The Bertz CT molecular complexity index is 765. The number of imidazole rings is 1. The normalized spacial score (nSPS) is 10.8. The summed E-state index contributed by atoms with van der Waals surface area (Å²) in [5, 5.41) is 9.63. The maximum absolute atomic E-state index is 10.9. The molecule has 0 saturated heterocycles. The van der Waals surface area contributed by atoms with Crippen LogP contribution in [0.2, 0.25) is 0 Å². The van der Waals surface area contributed by atoms with Crippen molar-refractivity contribution in [1.29, 1.82) is 0 Å². The zero-order chi connectivity index (χ0) is 14.1. The molecule has 1 aromatic heterocycles. The largest absolute Gasteiger partial charge is 0.478 e. The molecular weight excluding hydrogens is 274 g/mol. The van der Waals surface area contributed by atoms with Crippen molar-refractivity contribution in [2.24, 2.45) is 0 Å². The number of hydrogen-bond acceptors (Lipinski definition) is 4. The molecule has 0 radical (unpaired) electrons. The maximum Gasteiger partial charge on any atom is 0.335 e. The van der Waals surface area contributed by atoms with Gasteiger partial charge in [-0.3, -0.25) is 0 Å². The van der Waals surface area contributed by atoms with Crippen LogP contribution in [-0.4, -0.2) is 21.0 Å². The van der Waals surface area contributed by atoms with E-state index in [1.807, 2.05) is 24.3 Å². The molecule has 6 heteroatoms. The van der Waals surface area contributed by atoms with Gasteiger partial charge >= 0.3 is 5.97 Å². The fourth-order valence-electron chi connectivity index (χ4n) is 1.86. The van der Waals surface area contributed by atoms with Gasteiger partial charge in [-0.15, -0.1) is 0 Å². The summed E-state index contributed by atoms with van der Waals surface area (Å²) >= 11 is 1.38. The summed E-state index contributed by atoms with van der Waals surface area (Å²) in [6, 6.07) is 12.4. The number of nitrogens with one attached hydrogen (secondary N) is 1. The summed E-state index contributed by atoms with van der Waals surface area (Å²) in [5.74, 6) is -0.989. The molecule has 0 atom stereocenters. The van der Waals surface area contributed by atoms with Crippen molar-refractivity contribution < 1.29 is 9.90 Å². The third-order valence-corrected chi connectivity index (χ3v) is 3.81. The number of fused-ring (bicyclic) bond motifs is 1. The molecule has 2 aromatic carbocycles. The molecule has 0 saturated carbocycles. The molecule has 0 fully saturated rings. The average molecular weight is 285 g/mol. The lowest BCUT2D eigenvalue weighted by Crippen LogP contribution is -1.98. The van der Waals surface area contributed by atoms with Gasteiger partial charge in [0.15, 0.2) is 5.16 Å². The van der Waals surface area contributed by atoms with Crippen LogP contribution in [0.4, 0.5) is 5.69 Å². The maximum atomic E-state index is 10.9. The van der Waals surface area contributed by atoms with E-state index >= 15 is 0 Å². The number of nitrogen functional groups attached to an aromatic ring is 1. The van der Waals surface area contributed by atoms with Crippen LogP contribution in [0.15, 0.2) is 52.5 Å². The number of rotatable bonds is 3. The molecule has 0 aliphatic carbocycles. The van der Waals surface area contributed by atoms with E-state index in [1.165, 1.54) is 23.9 Å². The zero-order valence-corrected chi connectivity index (χ0v) is 11.1. The molecule has 0 aliphatic rings. The van der Waals surface area contributed by atoms with E-state index in [0.717, 1.165) is 21.1 Å². The number of nitrogens with two attached hydrogens (primary N) is 1. The molecule has 20 heavy (non-hydrogen) atoms. The van der Waals surface area contributed by atoms with Crippen molar-refractivity contribution in [3.05, 3.63) is 48.0 Å². The van der Waals surface area contributed by atoms with Gasteiger partial charge in [0.25, 0.3) is 0 Å². The SMILES string of the molecule is Nc1cc(C(=O)O)ccc1Sc1nc2ccccc2[nH]1. The van der Waals surface area contributed by atoms with E-state index < -0.39 is 5.97 Å². The molecule has 0 spiro atoms. The van der Waals surface area contributed by atoms with Crippen molar-refractivity contribution in [2.45, 2.75) is 10.1 Å². The predicted octanol–water partition coefficient (Wildman–Crippen LogP) is 2.99. The number of H-pyrrole nitrogens is 1. The van der Waals surface area contributed by atoms with Crippen LogP contribution < -0.4 is 5.73 Å². The Kier molecular flexibility index (Phi) is 3.08. The topological polar surface area (TPSA) is 92.0 Å². The highest BCUT2D eigenvalue weighted by Gasteiger charge is 2.09. The number of aromatic carboxylic acids is 1. The van der Waals surface area contributed by atoms with E-state index in [4.69, 9.17) is 10.8 Å². The molecule has 5 nitrogen and oxygen atoms in total. The third kappa shape index (κ3) is 2.33. The van der Waals surface area contributed by atoms with Crippen molar-refractivity contribution in [3.8, 4) is 0 Å². The second-order valence-electron chi connectivity index (χ2n) is 4.22. The minimum atomic E-state index is -0.989. The number of anilines is 1. The van der Waals surface area contributed by atoms with Crippen LogP contribution in [0, 0.1) is 0 Å². The number of nitrogens with zero attached hydrogens (tertiary/aromatic N) is 1. The zero-order valence-electron chi connectivity index (χ0n) is 10.3. The van der Waals surface area contributed by atoms with E-state index in [-0.39, 0.29) is 5.56 Å². The minimum Gasteiger partial charge on any atom is -0.478 e. The van der Waals surface area contributed by atoms with Crippen LogP contribution >= 0.6 is 11.8 Å². The first-order valence-corrected chi connectivity index (χ1v) is 6.70. The van der Waals surface area contributed by atoms with Gasteiger partial charge in [0.1, 0.15) is 0 Å². The molecule has 1 heterocycles. The van der Waals surface area contributed by atoms with Gasteiger partial charge in [-0.05, 0) is 42.1 Å². The van der Waals surface area contributed by atoms with Crippen LogP contribution in [0.25, 0.3) is 11.0 Å². The van der Waals surface area contributed by atoms with Crippen LogP contribution in [0.1, 0.15) is 10.4 Å². The first kappa shape index (κ1) is 12.6. The Balaban J connectivity index is 1.92. The van der Waals surface area contributed by atoms with Crippen molar-refractivity contribution in [3.63, 3.8) is 0 Å². The molecule has 0 amide bonds. The number of carboxylic acid groups (broad SMARTS) is 1. The predicted molar refractivity (Wildman–Crippen MR) is 78.0 cm³/mol. The minimum absolute atomic E-state index is 0.177. The molecule has 100 valence electrons. The first-order valence-electron chi connectivity index (χ1n) is 5.89. The Morgan fingerprint density at radius 1 is 1.25 bits per heavy atom. The molecule has 0 unspecified atom stereocenters. The Hall–Kier alpha value is -2.47.